The number of pyridine rings is 1. The number of rotatable bonds is 5. The zero-order valence-corrected chi connectivity index (χ0v) is 11.4. The van der Waals surface area contributed by atoms with E-state index in [9.17, 15) is 10.1 Å². The fourth-order valence-electron chi connectivity index (χ4n) is 1.69. The minimum Gasteiger partial charge on any atom is -0.482 e. The summed E-state index contributed by atoms with van der Waals surface area (Å²) >= 11 is 5.83. The number of nitrogens with one attached hydrogen (secondary N) is 1. The lowest BCUT2D eigenvalue weighted by Gasteiger charge is -2.10. The van der Waals surface area contributed by atoms with Crippen LogP contribution in [0.1, 0.15) is 5.56 Å². The minimum absolute atomic E-state index is 0.121. The third-order valence-electron chi connectivity index (χ3n) is 2.63. The lowest BCUT2D eigenvalue weighted by atomic mass is 10.2. The molecule has 1 N–H and O–H groups in total. The molecule has 0 aliphatic heterocycles. The van der Waals surface area contributed by atoms with E-state index in [4.69, 9.17) is 16.3 Å². The van der Waals surface area contributed by atoms with Crippen LogP contribution in [0.4, 0.5) is 11.5 Å². The number of anilines is 1. The zero-order chi connectivity index (χ0) is 14.5. The third kappa shape index (κ3) is 3.16. The molecule has 1 aromatic carbocycles. The number of nitro groups is 1. The molecule has 0 fully saturated rings. The highest BCUT2D eigenvalue weighted by molar-refractivity contribution is 6.30. The molecule has 0 atom stereocenters. The van der Waals surface area contributed by atoms with Crippen LogP contribution in [0.3, 0.4) is 0 Å². The number of hydrogen-bond acceptors (Lipinski definition) is 5. The summed E-state index contributed by atoms with van der Waals surface area (Å²) in [6.45, 7) is 0.158. The summed E-state index contributed by atoms with van der Waals surface area (Å²) in [6, 6.07) is 7.80. The molecule has 2 rings (SSSR count). The van der Waals surface area contributed by atoms with Crippen molar-refractivity contribution in [2.45, 2.75) is 6.61 Å². The number of hydrogen-bond donors (Lipinski definition) is 1. The van der Waals surface area contributed by atoms with Crippen LogP contribution in [0.15, 0.2) is 36.5 Å². The lowest BCUT2D eigenvalue weighted by Crippen LogP contribution is -2.03. The van der Waals surface area contributed by atoms with E-state index in [0.29, 0.717) is 10.8 Å². The number of aromatic nitrogens is 1. The van der Waals surface area contributed by atoms with E-state index in [1.807, 2.05) is 6.07 Å². The van der Waals surface area contributed by atoms with E-state index in [0.717, 1.165) is 5.56 Å². The molecule has 0 aliphatic carbocycles. The molecular weight excluding hydrogens is 282 g/mol. The van der Waals surface area contributed by atoms with Crippen molar-refractivity contribution >= 4 is 23.1 Å². The first-order valence-electron chi connectivity index (χ1n) is 5.80. The van der Waals surface area contributed by atoms with Crippen LogP contribution >= 0.6 is 11.6 Å². The number of nitro benzene ring substituents is 1. The summed E-state index contributed by atoms with van der Waals surface area (Å²) in [7, 11) is 1.74. The van der Waals surface area contributed by atoms with Crippen LogP contribution in [0, 0.1) is 10.1 Å². The third-order valence-corrected chi connectivity index (χ3v) is 2.86. The average molecular weight is 294 g/mol. The maximum Gasteiger partial charge on any atom is 0.311 e. The summed E-state index contributed by atoms with van der Waals surface area (Å²) in [4.78, 5) is 14.6. The van der Waals surface area contributed by atoms with E-state index in [-0.39, 0.29) is 18.0 Å². The lowest BCUT2D eigenvalue weighted by molar-refractivity contribution is -0.385. The van der Waals surface area contributed by atoms with Gasteiger partial charge in [0, 0.05) is 36.0 Å². The van der Waals surface area contributed by atoms with Gasteiger partial charge in [-0.15, -0.1) is 0 Å². The first-order chi connectivity index (χ1) is 9.61. The molecule has 0 amide bonds. The highest BCUT2D eigenvalue weighted by Gasteiger charge is 2.16. The predicted octanol–water partition coefficient (Wildman–Crippen LogP) is 3.26. The molecule has 7 heteroatoms. The molecule has 0 saturated carbocycles. The quantitative estimate of drug-likeness (QED) is 0.676. The molecular formula is C13H12ClN3O3. The van der Waals surface area contributed by atoms with Crippen molar-refractivity contribution in [1.29, 1.82) is 0 Å². The van der Waals surface area contributed by atoms with Crippen molar-refractivity contribution in [2.24, 2.45) is 0 Å². The van der Waals surface area contributed by atoms with Gasteiger partial charge in [0.2, 0.25) is 0 Å². The van der Waals surface area contributed by atoms with Crippen molar-refractivity contribution < 1.29 is 9.66 Å². The van der Waals surface area contributed by atoms with Crippen LogP contribution in [-0.2, 0) is 6.61 Å². The van der Waals surface area contributed by atoms with E-state index in [1.54, 1.807) is 19.3 Å². The molecule has 1 heterocycles. The zero-order valence-electron chi connectivity index (χ0n) is 10.7. The second-order valence-electron chi connectivity index (χ2n) is 3.92. The Hall–Kier alpha value is -2.34. The highest BCUT2D eigenvalue weighted by Crippen LogP contribution is 2.30. The van der Waals surface area contributed by atoms with E-state index in [1.165, 1.54) is 18.2 Å². The van der Waals surface area contributed by atoms with Gasteiger partial charge >= 0.3 is 5.69 Å². The van der Waals surface area contributed by atoms with E-state index >= 15 is 0 Å². The maximum absolute atomic E-state index is 10.9. The molecule has 0 saturated heterocycles. The van der Waals surface area contributed by atoms with Gasteiger partial charge in [0.15, 0.2) is 5.75 Å². The Labute approximate surface area is 120 Å². The number of benzene rings is 1. The van der Waals surface area contributed by atoms with Crippen LogP contribution in [0.25, 0.3) is 0 Å². The monoisotopic (exact) mass is 293 g/mol. The SMILES string of the molecule is CNc1ncccc1COc1cc(Cl)ccc1[N+](=O)[O-]. The second-order valence-corrected chi connectivity index (χ2v) is 4.36. The van der Waals surface area contributed by atoms with Crippen LogP contribution in [0.5, 0.6) is 5.75 Å². The molecule has 104 valence electrons. The Bertz CT molecular complexity index is 634. The summed E-state index contributed by atoms with van der Waals surface area (Å²) in [5.74, 6) is 0.797. The maximum atomic E-state index is 10.9. The van der Waals surface area contributed by atoms with E-state index in [2.05, 4.69) is 10.3 Å². The summed E-state index contributed by atoms with van der Waals surface area (Å²) in [5, 5.41) is 14.2. The van der Waals surface area contributed by atoms with Gasteiger partial charge in [-0.25, -0.2) is 4.98 Å². The second kappa shape index (κ2) is 6.21. The van der Waals surface area contributed by atoms with Crippen LogP contribution < -0.4 is 10.1 Å². The van der Waals surface area contributed by atoms with Gasteiger partial charge in [0.1, 0.15) is 12.4 Å². The van der Waals surface area contributed by atoms with Gasteiger partial charge in [-0.1, -0.05) is 17.7 Å². The Morgan fingerprint density at radius 2 is 2.25 bits per heavy atom. The summed E-state index contributed by atoms with van der Waals surface area (Å²) in [5.41, 5.74) is 0.675. The van der Waals surface area contributed by atoms with Gasteiger partial charge < -0.3 is 10.1 Å². The molecule has 2 aromatic rings. The van der Waals surface area contributed by atoms with E-state index < -0.39 is 4.92 Å². The fourth-order valence-corrected chi connectivity index (χ4v) is 1.85. The molecule has 0 spiro atoms. The predicted molar refractivity (Wildman–Crippen MR) is 76.2 cm³/mol. The first-order valence-corrected chi connectivity index (χ1v) is 6.18. The van der Waals surface area contributed by atoms with Crippen molar-refractivity contribution in [3.63, 3.8) is 0 Å². The van der Waals surface area contributed by atoms with Crippen molar-refractivity contribution in [1.82, 2.24) is 4.98 Å². The smallest absolute Gasteiger partial charge is 0.311 e. The fraction of sp³-hybridized carbons (Fsp3) is 0.154. The molecule has 6 nitrogen and oxygen atoms in total. The molecule has 0 unspecified atom stereocenters. The van der Waals surface area contributed by atoms with Crippen molar-refractivity contribution in [3.8, 4) is 5.75 Å². The number of ether oxygens (including phenoxy) is 1. The largest absolute Gasteiger partial charge is 0.482 e. The molecule has 1 aromatic heterocycles. The van der Waals surface area contributed by atoms with Crippen molar-refractivity contribution in [3.05, 3.63) is 57.2 Å². The molecule has 0 aliphatic rings. The number of nitrogens with zero attached hydrogens (tertiary/aromatic N) is 2. The molecule has 0 radical (unpaired) electrons. The van der Waals surface area contributed by atoms with Gasteiger partial charge in [-0.05, 0) is 12.1 Å². The molecule has 20 heavy (non-hydrogen) atoms. The normalized spacial score (nSPS) is 10.1. The Morgan fingerprint density at radius 1 is 1.45 bits per heavy atom. The first kappa shape index (κ1) is 14.1. The molecule has 0 bridgehead atoms. The minimum atomic E-state index is -0.506. The average Bonchev–Trinajstić information content (AvgIpc) is 2.45. The highest BCUT2D eigenvalue weighted by atomic mass is 35.5. The topological polar surface area (TPSA) is 77.3 Å². The summed E-state index contributed by atoms with van der Waals surface area (Å²) in [6.07, 6.45) is 1.65. The van der Waals surface area contributed by atoms with Gasteiger partial charge in [0.05, 0.1) is 4.92 Å². The van der Waals surface area contributed by atoms with Gasteiger partial charge in [-0.2, -0.15) is 0 Å². The van der Waals surface area contributed by atoms with Crippen LogP contribution in [-0.4, -0.2) is 17.0 Å². The Kier molecular flexibility index (Phi) is 4.37. The van der Waals surface area contributed by atoms with Crippen LogP contribution in [0.2, 0.25) is 5.02 Å². The van der Waals surface area contributed by atoms with Crippen molar-refractivity contribution in [2.75, 3.05) is 12.4 Å². The Balaban J connectivity index is 2.22. The van der Waals surface area contributed by atoms with Gasteiger partial charge in [-0.3, -0.25) is 10.1 Å². The number of halogens is 1. The Morgan fingerprint density at radius 3 is 2.95 bits per heavy atom. The standard InChI is InChI=1S/C13H12ClN3O3/c1-15-13-9(3-2-6-16-13)8-20-12-7-10(14)4-5-11(12)17(18)19/h2-7H,8H2,1H3,(H,15,16). The van der Waals surface area contributed by atoms with Gasteiger partial charge in [0.25, 0.3) is 0 Å². The summed E-state index contributed by atoms with van der Waals surface area (Å²) < 4.78 is 5.50.